The average molecular weight is 209 g/mol. The fourth-order valence-electron chi connectivity index (χ4n) is 3.36. The van der Waals surface area contributed by atoms with Gasteiger partial charge in [-0.3, -0.25) is 0 Å². The van der Waals surface area contributed by atoms with E-state index in [2.05, 4.69) is 19.2 Å². The van der Waals surface area contributed by atoms with Crippen LogP contribution < -0.4 is 5.32 Å². The summed E-state index contributed by atoms with van der Waals surface area (Å²) in [6.07, 6.45) is 11.5. The largest absolute Gasteiger partial charge is 0.313 e. The third kappa shape index (κ3) is 2.75. The van der Waals surface area contributed by atoms with Crippen molar-refractivity contribution in [1.82, 2.24) is 5.32 Å². The van der Waals surface area contributed by atoms with Crippen molar-refractivity contribution in [2.24, 2.45) is 11.3 Å². The lowest BCUT2D eigenvalue weighted by Crippen LogP contribution is -2.36. The zero-order chi connectivity index (χ0) is 10.7. The molecule has 0 aromatic carbocycles. The van der Waals surface area contributed by atoms with Crippen LogP contribution in [-0.2, 0) is 0 Å². The number of nitrogens with one attached hydrogen (secondary N) is 1. The van der Waals surface area contributed by atoms with Crippen LogP contribution in [0, 0.1) is 11.3 Å². The molecular weight excluding hydrogens is 182 g/mol. The topological polar surface area (TPSA) is 12.0 Å². The van der Waals surface area contributed by atoms with E-state index >= 15 is 0 Å². The van der Waals surface area contributed by atoms with E-state index in [1.54, 1.807) is 0 Å². The monoisotopic (exact) mass is 209 g/mol. The van der Waals surface area contributed by atoms with Gasteiger partial charge in [-0.15, -0.1) is 0 Å². The lowest BCUT2D eigenvalue weighted by Gasteiger charge is -2.23. The molecule has 0 heterocycles. The second-order valence-electron chi connectivity index (χ2n) is 5.84. The lowest BCUT2D eigenvalue weighted by atomic mass is 9.97. The summed E-state index contributed by atoms with van der Waals surface area (Å²) in [6.45, 7) is 5.98. The van der Waals surface area contributed by atoms with Gasteiger partial charge in [0.05, 0.1) is 0 Å². The Morgan fingerprint density at radius 3 is 2.60 bits per heavy atom. The van der Waals surface area contributed by atoms with Crippen LogP contribution in [0.3, 0.4) is 0 Å². The highest BCUT2D eigenvalue weighted by Crippen LogP contribution is 2.49. The Hall–Kier alpha value is -0.0400. The van der Waals surface area contributed by atoms with E-state index in [0.717, 1.165) is 17.4 Å². The third-order valence-electron chi connectivity index (χ3n) is 4.66. The summed E-state index contributed by atoms with van der Waals surface area (Å²) in [5, 5.41) is 3.87. The van der Waals surface area contributed by atoms with Crippen LogP contribution in [0.2, 0.25) is 0 Å². The molecule has 0 radical (unpaired) electrons. The van der Waals surface area contributed by atoms with Crippen LogP contribution in [0.1, 0.15) is 65.2 Å². The van der Waals surface area contributed by atoms with Crippen molar-refractivity contribution < 1.29 is 0 Å². The summed E-state index contributed by atoms with van der Waals surface area (Å²) < 4.78 is 0. The Morgan fingerprint density at radius 1 is 1.20 bits per heavy atom. The van der Waals surface area contributed by atoms with Gasteiger partial charge in [-0.05, 0) is 43.4 Å². The Kier molecular flexibility index (Phi) is 3.71. The minimum Gasteiger partial charge on any atom is -0.313 e. The summed E-state index contributed by atoms with van der Waals surface area (Å²) in [5.41, 5.74) is 0.732. The van der Waals surface area contributed by atoms with Gasteiger partial charge in [0.15, 0.2) is 0 Å². The van der Waals surface area contributed by atoms with Crippen LogP contribution in [0.4, 0.5) is 0 Å². The van der Waals surface area contributed by atoms with E-state index in [1.165, 1.54) is 57.9 Å². The van der Waals surface area contributed by atoms with Crippen LogP contribution in [-0.4, -0.2) is 12.6 Å². The predicted octanol–water partition coefficient (Wildman–Crippen LogP) is 3.74. The van der Waals surface area contributed by atoms with Crippen LogP contribution >= 0.6 is 0 Å². The van der Waals surface area contributed by atoms with E-state index in [9.17, 15) is 0 Å². The Labute approximate surface area is 95.0 Å². The second kappa shape index (κ2) is 4.86. The van der Waals surface area contributed by atoms with Gasteiger partial charge < -0.3 is 5.32 Å². The Bertz CT molecular complexity index is 196. The van der Waals surface area contributed by atoms with Crippen molar-refractivity contribution >= 4 is 0 Å². The normalized spacial score (nSPS) is 33.2. The standard InChI is InChI=1S/C14H27N/c1-3-8-14(9-10-14)11-15-13-7-5-6-12(13)4-2/h12-13,15H,3-11H2,1-2H3. The first kappa shape index (κ1) is 11.4. The molecule has 0 spiro atoms. The molecule has 2 fully saturated rings. The molecular formula is C14H27N. The SMILES string of the molecule is CCCC1(CNC2CCCC2CC)CC1. The molecule has 15 heavy (non-hydrogen) atoms. The maximum Gasteiger partial charge on any atom is 0.00954 e. The molecule has 1 heteroatoms. The van der Waals surface area contributed by atoms with Gasteiger partial charge >= 0.3 is 0 Å². The first-order valence-electron chi connectivity index (χ1n) is 7.03. The van der Waals surface area contributed by atoms with Crippen molar-refractivity contribution in [2.75, 3.05) is 6.54 Å². The van der Waals surface area contributed by atoms with Gasteiger partial charge in [0.1, 0.15) is 0 Å². The zero-order valence-corrected chi connectivity index (χ0v) is 10.5. The van der Waals surface area contributed by atoms with E-state index in [4.69, 9.17) is 0 Å². The fraction of sp³-hybridized carbons (Fsp3) is 1.00. The molecule has 2 aliphatic rings. The van der Waals surface area contributed by atoms with Crippen LogP contribution in [0.5, 0.6) is 0 Å². The summed E-state index contributed by atoms with van der Waals surface area (Å²) in [5.74, 6) is 0.974. The highest BCUT2D eigenvalue weighted by atomic mass is 14.9. The summed E-state index contributed by atoms with van der Waals surface area (Å²) in [6, 6.07) is 0.851. The molecule has 2 unspecified atom stereocenters. The van der Waals surface area contributed by atoms with Crippen molar-refractivity contribution in [3.63, 3.8) is 0 Å². The lowest BCUT2D eigenvalue weighted by molar-refractivity contribution is 0.336. The van der Waals surface area contributed by atoms with Gasteiger partial charge in [0, 0.05) is 12.6 Å². The zero-order valence-electron chi connectivity index (χ0n) is 10.5. The van der Waals surface area contributed by atoms with Gasteiger partial charge in [0.25, 0.3) is 0 Å². The van der Waals surface area contributed by atoms with E-state index in [-0.39, 0.29) is 0 Å². The maximum absolute atomic E-state index is 3.87. The molecule has 88 valence electrons. The average Bonchev–Trinajstić information content (AvgIpc) is 2.86. The minimum atomic E-state index is 0.732. The van der Waals surface area contributed by atoms with Crippen molar-refractivity contribution in [3.05, 3.63) is 0 Å². The smallest absolute Gasteiger partial charge is 0.00954 e. The molecule has 0 aliphatic heterocycles. The molecule has 2 aliphatic carbocycles. The molecule has 0 aromatic heterocycles. The first-order valence-corrected chi connectivity index (χ1v) is 7.03. The van der Waals surface area contributed by atoms with Gasteiger partial charge in [0.2, 0.25) is 0 Å². The third-order valence-corrected chi connectivity index (χ3v) is 4.66. The maximum atomic E-state index is 3.87. The quantitative estimate of drug-likeness (QED) is 0.703. The molecule has 0 bridgehead atoms. The number of rotatable bonds is 6. The van der Waals surface area contributed by atoms with E-state index in [1.807, 2.05) is 0 Å². The number of hydrogen-bond donors (Lipinski definition) is 1. The predicted molar refractivity (Wildman–Crippen MR) is 66.0 cm³/mol. The number of hydrogen-bond acceptors (Lipinski definition) is 1. The second-order valence-corrected chi connectivity index (χ2v) is 5.84. The first-order chi connectivity index (χ1) is 7.29. The highest BCUT2D eigenvalue weighted by Gasteiger charge is 2.41. The van der Waals surface area contributed by atoms with Gasteiger partial charge in [-0.25, -0.2) is 0 Å². The summed E-state index contributed by atoms with van der Waals surface area (Å²) in [7, 11) is 0. The Balaban J connectivity index is 1.73. The van der Waals surface area contributed by atoms with Gasteiger partial charge in [-0.2, -0.15) is 0 Å². The van der Waals surface area contributed by atoms with E-state index in [0.29, 0.717) is 0 Å². The fourth-order valence-corrected chi connectivity index (χ4v) is 3.36. The van der Waals surface area contributed by atoms with Crippen LogP contribution in [0.25, 0.3) is 0 Å². The molecule has 2 atom stereocenters. The molecule has 0 amide bonds. The van der Waals surface area contributed by atoms with Crippen LogP contribution in [0.15, 0.2) is 0 Å². The molecule has 1 N–H and O–H groups in total. The molecule has 2 saturated carbocycles. The van der Waals surface area contributed by atoms with Crippen molar-refractivity contribution in [2.45, 2.75) is 71.3 Å². The van der Waals surface area contributed by atoms with Crippen molar-refractivity contribution in [1.29, 1.82) is 0 Å². The highest BCUT2D eigenvalue weighted by molar-refractivity contribution is 4.96. The van der Waals surface area contributed by atoms with E-state index < -0.39 is 0 Å². The molecule has 0 aromatic rings. The van der Waals surface area contributed by atoms with Crippen molar-refractivity contribution in [3.8, 4) is 0 Å². The summed E-state index contributed by atoms with van der Waals surface area (Å²) in [4.78, 5) is 0. The minimum absolute atomic E-state index is 0.732. The molecule has 1 nitrogen and oxygen atoms in total. The molecule has 0 saturated heterocycles. The molecule has 2 rings (SSSR count). The summed E-state index contributed by atoms with van der Waals surface area (Å²) >= 11 is 0. The Morgan fingerprint density at radius 2 is 2.00 bits per heavy atom. The van der Waals surface area contributed by atoms with Gasteiger partial charge in [-0.1, -0.05) is 33.1 Å².